The predicted molar refractivity (Wildman–Crippen MR) is 128 cm³/mol. The van der Waals surface area contributed by atoms with Gasteiger partial charge in [-0.15, -0.1) is 0 Å². The molecule has 8 heteroatoms. The summed E-state index contributed by atoms with van der Waals surface area (Å²) in [5.41, 5.74) is 13.2. The number of nitrogens with one attached hydrogen (secondary N) is 1. The van der Waals surface area contributed by atoms with Crippen molar-refractivity contribution < 1.29 is 9.90 Å². The zero-order valence-electron chi connectivity index (χ0n) is 19.2. The van der Waals surface area contributed by atoms with Crippen LogP contribution in [0.5, 0.6) is 0 Å². The van der Waals surface area contributed by atoms with Crippen LogP contribution in [0.15, 0.2) is 24.5 Å². The molecule has 1 aliphatic rings. The summed E-state index contributed by atoms with van der Waals surface area (Å²) in [4.78, 5) is 24.4. The molecule has 0 radical (unpaired) electrons. The van der Waals surface area contributed by atoms with Crippen LogP contribution in [-0.2, 0) is 17.6 Å². The van der Waals surface area contributed by atoms with Gasteiger partial charge in [-0.3, -0.25) is 4.79 Å². The number of carboxylic acids is 1. The second kappa shape index (κ2) is 14.5. The number of hydrogen-bond acceptors (Lipinski definition) is 7. The van der Waals surface area contributed by atoms with Gasteiger partial charge in [0, 0.05) is 37.7 Å². The summed E-state index contributed by atoms with van der Waals surface area (Å²) in [6.07, 6.45) is 12.2. The number of rotatable bonds is 11. The number of nitrogens with two attached hydrogens (primary N) is 2. The van der Waals surface area contributed by atoms with E-state index in [1.807, 2.05) is 6.92 Å². The van der Waals surface area contributed by atoms with Crippen LogP contribution in [0.25, 0.3) is 0 Å². The lowest BCUT2D eigenvalue weighted by Crippen LogP contribution is -2.13. The van der Waals surface area contributed by atoms with E-state index >= 15 is 0 Å². The minimum atomic E-state index is -0.766. The van der Waals surface area contributed by atoms with Crippen molar-refractivity contribution >= 4 is 11.8 Å². The largest absolute Gasteiger partial charge is 0.481 e. The Labute approximate surface area is 191 Å². The zero-order chi connectivity index (χ0) is 23.2. The highest BCUT2D eigenvalue weighted by atomic mass is 16.4. The molecule has 0 spiro atoms. The Morgan fingerprint density at radius 2 is 1.84 bits per heavy atom. The number of unbranched alkanes of at least 4 members (excludes halogenated alkanes) is 3. The topological polar surface area (TPSA) is 140 Å². The lowest BCUT2D eigenvalue weighted by atomic mass is 9.92. The summed E-state index contributed by atoms with van der Waals surface area (Å²) in [5, 5.41) is 12.6. The molecule has 32 heavy (non-hydrogen) atoms. The van der Waals surface area contributed by atoms with Crippen molar-refractivity contribution in [2.45, 2.75) is 70.6 Å². The van der Waals surface area contributed by atoms with Gasteiger partial charge in [0.2, 0.25) is 0 Å². The van der Waals surface area contributed by atoms with E-state index < -0.39 is 5.97 Å². The van der Waals surface area contributed by atoms with Crippen molar-refractivity contribution in [3.63, 3.8) is 0 Å². The summed E-state index contributed by atoms with van der Waals surface area (Å²) in [5.74, 6) is 1.01. The molecule has 0 fully saturated rings. The normalized spacial score (nSPS) is 13.3. The fourth-order valence-electron chi connectivity index (χ4n) is 3.77. The maximum atomic E-state index is 11.2. The Hall–Kier alpha value is -2.58. The van der Waals surface area contributed by atoms with Crippen LogP contribution < -0.4 is 16.8 Å². The van der Waals surface area contributed by atoms with Gasteiger partial charge in [0.25, 0.3) is 0 Å². The first-order valence-electron chi connectivity index (χ1n) is 11.7. The van der Waals surface area contributed by atoms with E-state index in [-0.39, 0.29) is 12.3 Å². The van der Waals surface area contributed by atoms with E-state index in [4.69, 9.17) is 16.5 Å². The lowest BCUT2D eigenvalue weighted by Gasteiger charge is -2.17. The maximum absolute atomic E-state index is 11.2. The summed E-state index contributed by atoms with van der Waals surface area (Å²) in [6, 6.07) is 4.37. The third-order valence-electron chi connectivity index (χ3n) is 5.55. The highest BCUT2D eigenvalue weighted by Crippen LogP contribution is 2.26. The monoisotopic (exact) mass is 442 g/mol. The van der Waals surface area contributed by atoms with Gasteiger partial charge in [-0.05, 0) is 62.1 Å². The van der Waals surface area contributed by atoms with Gasteiger partial charge >= 0.3 is 5.97 Å². The van der Waals surface area contributed by atoms with E-state index in [1.54, 1.807) is 12.4 Å². The molecule has 1 atom stereocenters. The molecule has 0 unspecified atom stereocenters. The molecule has 3 heterocycles. The highest BCUT2D eigenvalue weighted by Gasteiger charge is 2.16. The molecule has 3 rings (SSSR count). The number of fused-ring (bicyclic) bond motifs is 1. The summed E-state index contributed by atoms with van der Waals surface area (Å²) in [7, 11) is 0. The van der Waals surface area contributed by atoms with Crippen molar-refractivity contribution in [1.82, 2.24) is 15.0 Å². The molecular formula is C24H38N6O2. The fourth-order valence-corrected chi connectivity index (χ4v) is 3.77. The average Bonchev–Trinajstić information content (AvgIpc) is 2.81. The number of nitrogens with zero attached hydrogens (tertiary/aromatic N) is 3. The van der Waals surface area contributed by atoms with Crippen LogP contribution in [0.4, 0.5) is 5.82 Å². The Morgan fingerprint density at radius 1 is 1.12 bits per heavy atom. The third-order valence-corrected chi connectivity index (χ3v) is 5.55. The highest BCUT2D eigenvalue weighted by molar-refractivity contribution is 5.68. The molecule has 0 amide bonds. The first kappa shape index (κ1) is 25.7. The Bertz CT molecular complexity index is 811. The van der Waals surface area contributed by atoms with Crippen molar-refractivity contribution in [3.05, 3.63) is 47.2 Å². The van der Waals surface area contributed by atoms with Gasteiger partial charge in [-0.1, -0.05) is 25.3 Å². The Kier molecular flexibility index (Phi) is 11.6. The predicted octanol–water partition coefficient (Wildman–Crippen LogP) is 3.19. The van der Waals surface area contributed by atoms with Crippen LogP contribution in [0.1, 0.15) is 73.5 Å². The van der Waals surface area contributed by atoms with E-state index in [0.717, 1.165) is 68.6 Å². The van der Waals surface area contributed by atoms with Gasteiger partial charge in [-0.25, -0.2) is 15.0 Å². The van der Waals surface area contributed by atoms with Gasteiger partial charge in [0.15, 0.2) is 0 Å². The number of carboxylic acid groups (broad SMARTS) is 1. The van der Waals surface area contributed by atoms with Crippen molar-refractivity contribution in [2.24, 2.45) is 11.5 Å². The first-order valence-corrected chi connectivity index (χ1v) is 11.7. The zero-order valence-corrected chi connectivity index (χ0v) is 19.2. The van der Waals surface area contributed by atoms with Gasteiger partial charge in [-0.2, -0.15) is 0 Å². The Morgan fingerprint density at radius 3 is 2.53 bits per heavy atom. The lowest BCUT2D eigenvalue weighted by molar-refractivity contribution is -0.137. The van der Waals surface area contributed by atoms with Gasteiger partial charge < -0.3 is 21.9 Å². The van der Waals surface area contributed by atoms with E-state index in [2.05, 4.69) is 27.4 Å². The minimum absolute atomic E-state index is 0.00788. The van der Waals surface area contributed by atoms with Crippen molar-refractivity contribution in [1.29, 1.82) is 0 Å². The van der Waals surface area contributed by atoms with E-state index in [9.17, 15) is 9.90 Å². The average molecular weight is 443 g/mol. The summed E-state index contributed by atoms with van der Waals surface area (Å²) < 4.78 is 0. The van der Waals surface area contributed by atoms with Crippen LogP contribution in [0.3, 0.4) is 0 Å². The van der Waals surface area contributed by atoms with Gasteiger partial charge in [0.05, 0.1) is 6.42 Å². The van der Waals surface area contributed by atoms with Crippen molar-refractivity contribution in [2.75, 3.05) is 25.0 Å². The number of aromatic nitrogens is 3. The number of hydrogen-bond donors (Lipinski definition) is 4. The molecule has 0 aliphatic carbocycles. The SMILES string of the molecule is Cc1ncc([C@@H](CCCCCCc2ccc3c(n2)NCCC3)CC(=O)O)cn1.NCCN. The number of aliphatic carboxylic acids is 1. The van der Waals surface area contributed by atoms with Crippen LogP contribution >= 0.6 is 0 Å². The standard InChI is InChI=1S/C22H30N4O2.C2H8N2/c1-16-24-14-19(15-25-16)18(13-21(27)28)7-4-2-3-5-9-20-11-10-17-8-6-12-23-22(17)26-20;3-1-2-4/h10-11,14-15,18H,2-9,12-13H2,1H3,(H,23,26)(H,27,28);1-4H2/t18-;/m0./s1. The summed E-state index contributed by atoms with van der Waals surface area (Å²) in [6.45, 7) is 4.05. The molecule has 2 aromatic heterocycles. The number of aryl methyl sites for hydroxylation is 3. The maximum Gasteiger partial charge on any atom is 0.303 e. The van der Waals surface area contributed by atoms with Crippen LogP contribution in [0.2, 0.25) is 0 Å². The third kappa shape index (κ3) is 9.28. The van der Waals surface area contributed by atoms with E-state index in [1.165, 1.54) is 12.0 Å². The molecule has 0 saturated carbocycles. The molecule has 8 nitrogen and oxygen atoms in total. The first-order chi connectivity index (χ1) is 15.5. The number of anilines is 1. The second-order valence-electron chi connectivity index (χ2n) is 8.23. The smallest absolute Gasteiger partial charge is 0.303 e. The molecule has 6 N–H and O–H groups in total. The molecule has 0 aromatic carbocycles. The molecule has 1 aliphatic heterocycles. The second-order valence-corrected chi connectivity index (χ2v) is 8.23. The quantitative estimate of drug-likeness (QED) is 0.389. The fraction of sp³-hybridized carbons (Fsp3) is 0.583. The molecule has 0 saturated heterocycles. The molecular weight excluding hydrogens is 404 g/mol. The van der Waals surface area contributed by atoms with Gasteiger partial charge in [0.1, 0.15) is 11.6 Å². The Balaban J connectivity index is 0.000000837. The van der Waals surface area contributed by atoms with Crippen LogP contribution in [0, 0.1) is 6.92 Å². The number of carbonyl (C=O) groups is 1. The van der Waals surface area contributed by atoms with E-state index in [0.29, 0.717) is 18.9 Å². The van der Waals surface area contributed by atoms with Crippen LogP contribution in [-0.4, -0.2) is 45.7 Å². The summed E-state index contributed by atoms with van der Waals surface area (Å²) >= 11 is 0. The molecule has 2 aromatic rings. The molecule has 176 valence electrons. The minimum Gasteiger partial charge on any atom is -0.481 e. The number of pyridine rings is 1. The molecule has 0 bridgehead atoms. The van der Waals surface area contributed by atoms with Crippen molar-refractivity contribution in [3.8, 4) is 0 Å².